The van der Waals surface area contributed by atoms with E-state index in [1.54, 1.807) is 0 Å². The van der Waals surface area contributed by atoms with Crippen molar-refractivity contribution < 1.29 is 64.6 Å². The number of carbonyl (C=O) groups excluding carboxylic acids is 6. The number of cyclic esters (lactones) is 4. The van der Waals surface area contributed by atoms with Gasteiger partial charge in [-0.15, -0.1) is 0 Å². The predicted octanol–water partition coefficient (Wildman–Crippen LogP) is 6.69. The van der Waals surface area contributed by atoms with Crippen LogP contribution in [0.25, 0.3) is 11.1 Å². The average molecular weight is 667 g/mol. The number of amides is 1. The maximum absolute atomic E-state index is 14.3. The van der Waals surface area contributed by atoms with E-state index in [2.05, 4.69) is 14.8 Å². The molecule has 0 fully saturated rings. The topological polar surface area (TPSA) is 133 Å². The summed E-state index contributed by atoms with van der Waals surface area (Å²) in [7, 11) is 0. The fraction of sp³-hybridized carbons (Fsp3) is 0.0909. The van der Waals surface area contributed by atoms with Gasteiger partial charge in [0, 0.05) is 23.2 Å². The highest BCUT2D eigenvalue weighted by molar-refractivity contribution is 6.17. The van der Waals surface area contributed by atoms with Crippen LogP contribution in [0.3, 0.4) is 0 Å². The average Bonchev–Trinajstić information content (AvgIpc) is 3.48. The minimum atomic E-state index is -5.19. The van der Waals surface area contributed by atoms with Crippen molar-refractivity contribution in [2.75, 3.05) is 5.32 Å². The van der Waals surface area contributed by atoms with Crippen LogP contribution in [0, 0.1) is 0 Å². The Kier molecular flexibility index (Phi) is 7.49. The van der Waals surface area contributed by atoms with E-state index < -0.39 is 82.3 Å². The van der Waals surface area contributed by atoms with Gasteiger partial charge in [-0.3, -0.25) is 9.59 Å². The Morgan fingerprint density at radius 1 is 0.542 bits per heavy atom. The molecule has 6 rings (SSSR count). The molecule has 9 nitrogen and oxygen atoms in total. The molecule has 1 N–H and O–H groups in total. The van der Waals surface area contributed by atoms with Crippen LogP contribution >= 0.6 is 0 Å². The van der Waals surface area contributed by atoms with Gasteiger partial charge in [-0.1, -0.05) is 24.3 Å². The standard InChI is InChI=1S/C33H15F6NO8/c34-32(35,36)24-9-14(10-26(41)15-2-6-20-22(11-15)30(45)47-28(20)43)1-5-18(24)19-8-4-17(13-25(19)33(37,38)39)40-27(42)16-3-7-21-23(12-16)31(46)48-29(21)44/h1-9,11-13H,10H2,(H,40,42). The Labute approximate surface area is 264 Å². The lowest BCUT2D eigenvalue weighted by Crippen LogP contribution is -2.15. The molecule has 0 unspecified atom stereocenters. The molecule has 1 amide bonds. The first-order chi connectivity index (χ1) is 22.5. The molecule has 0 spiro atoms. The number of anilines is 1. The fourth-order valence-corrected chi connectivity index (χ4v) is 5.24. The van der Waals surface area contributed by atoms with Gasteiger partial charge in [0.15, 0.2) is 5.78 Å². The molecule has 2 aliphatic heterocycles. The number of fused-ring (bicyclic) bond motifs is 2. The van der Waals surface area contributed by atoms with Crippen LogP contribution in [0.2, 0.25) is 0 Å². The lowest BCUT2D eigenvalue weighted by Gasteiger charge is -2.19. The third-order valence-electron chi connectivity index (χ3n) is 7.50. The van der Waals surface area contributed by atoms with E-state index in [-0.39, 0.29) is 38.9 Å². The molecule has 2 heterocycles. The van der Waals surface area contributed by atoms with Gasteiger partial charge >= 0.3 is 36.2 Å². The quantitative estimate of drug-likeness (QED) is 0.104. The summed E-state index contributed by atoms with van der Waals surface area (Å²) in [5.74, 6) is -5.59. The van der Waals surface area contributed by atoms with Crippen LogP contribution < -0.4 is 5.32 Å². The van der Waals surface area contributed by atoms with Crippen LogP contribution in [0.4, 0.5) is 32.0 Å². The molecule has 4 aromatic rings. The molecule has 0 bridgehead atoms. The molecule has 0 saturated heterocycles. The second-order valence-electron chi connectivity index (χ2n) is 10.6. The van der Waals surface area contributed by atoms with Gasteiger partial charge in [-0.25, -0.2) is 19.2 Å². The molecule has 0 aliphatic carbocycles. The second-order valence-corrected chi connectivity index (χ2v) is 10.6. The molecule has 0 saturated carbocycles. The lowest BCUT2D eigenvalue weighted by atomic mass is 9.91. The van der Waals surface area contributed by atoms with E-state index in [1.807, 2.05) is 0 Å². The predicted molar refractivity (Wildman–Crippen MR) is 150 cm³/mol. The summed E-state index contributed by atoms with van der Waals surface area (Å²) in [5.41, 5.74) is -6.28. The molecule has 0 atom stereocenters. The molecule has 2 aliphatic rings. The Bertz CT molecular complexity index is 1980. The number of Topliss-reactive ketones (excluding diaryl/α,β-unsaturated/α-hetero) is 1. The normalized spacial score (nSPS) is 14.0. The molecular weight excluding hydrogens is 652 g/mol. The van der Waals surface area contributed by atoms with Gasteiger partial charge in [0.05, 0.1) is 33.4 Å². The van der Waals surface area contributed by atoms with Crippen LogP contribution in [-0.4, -0.2) is 35.6 Å². The molecule has 48 heavy (non-hydrogen) atoms. The first-order valence-corrected chi connectivity index (χ1v) is 13.6. The van der Waals surface area contributed by atoms with Crippen molar-refractivity contribution in [2.24, 2.45) is 0 Å². The number of benzene rings is 4. The zero-order valence-corrected chi connectivity index (χ0v) is 23.7. The summed E-state index contributed by atoms with van der Waals surface area (Å²) in [6.07, 6.45) is -11.0. The van der Waals surface area contributed by atoms with Crippen molar-refractivity contribution >= 4 is 41.3 Å². The van der Waals surface area contributed by atoms with Crippen molar-refractivity contribution in [3.63, 3.8) is 0 Å². The number of ether oxygens (including phenoxy) is 2. The van der Waals surface area contributed by atoms with E-state index in [9.17, 15) is 55.1 Å². The lowest BCUT2D eigenvalue weighted by molar-refractivity contribution is -0.139. The number of alkyl halides is 6. The Morgan fingerprint density at radius 3 is 1.56 bits per heavy atom. The SMILES string of the molecule is O=C(Cc1ccc(-c2ccc(NC(=O)c3ccc4c(c3)C(=O)OC4=O)cc2C(F)(F)F)c(C(F)(F)F)c1)c1ccc2c(c1)C(=O)OC2=O. The zero-order chi connectivity index (χ0) is 34.7. The second kappa shape index (κ2) is 11.3. The number of esters is 4. The molecule has 242 valence electrons. The Hall–Kier alpha value is -6.12. The van der Waals surface area contributed by atoms with Gasteiger partial charge < -0.3 is 14.8 Å². The molecule has 0 aromatic heterocycles. The maximum Gasteiger partial charge on any atom is 0.417 e. The molecular formula is C33H15F6NO8. The Balaban J connectivity index is 1.31. The van der Waals surface area contributed by atoms with Crippen LogP contribution in [0.15, 0.2) is 72.8 Å². The van der Waals surface area contributed by atoms with Crippen molar-refractivity contribution in [1.82, 2.24) is 0 Å². The summed E-state index contributed by atoms with van der Waals surface area (Å²) in [6.45, 7) is 0. The minimum absolute atomic E-state index is 0.0844. The Morgan fingerprint density at radius 2 is 1.00 bits per heavy atom. The molecule has 15 heteroatoms. The van der Waals surface area contributed by atoms with Crippen LogP contribution in [0.1, 0.15) is 78.8 Å². The van der Waals surface area contributed by atoms with Gasteiger partial charge in [-0.05, 0) is 65.2 Å². The minimum Gasteiger partial charge on any atom is -0.386 e. The highest BCUT2D eigenvalue weighted by Crippen LogP contribution is 2.44. The smallest absolute Gasteiger partial charge is 0.386 e. The van der Waals surface area contributed by atoms with Gasteiger partial charge in [0.25, 0.3) is 5.91 Å². The van der Waals surface area contributed by atoms with E-state index in [1.165, 1.54) is 6.07 Å². The largest absolute Gasteiger partial charge is 0.417 e. The number of ketones is 1. The number of hydrogen-bond acceptors (Lipinski definition) is 8. The highest BCUT2D eigenvalue weighted by Gasteiger charge is 2.39. The van der Waals surface area contributed by atoms with E-state index in [4.69, 9.17) is 0 Å². The van der Waals surface area contributed by atoms with Gasteiger partial charge in [0.1, 0.15) is 0 Å². The maximum atomic E-state index is 14.3. The number of rotatable bonds is 6. The fourth-order valence-electron chi connectivity index (χ4n) is 5.24. The summed E-state index contributed by atoms with van der Waals surface area (Å²) in [5, 5.41) is 2.20. The number of nitrogens with one attached hydrogen (secondary N) is 1. The van der Waals surface area contributed by atoms with E-state index in [0.29, 0.717) is 12.1 Å². The van der Waals surface area contributed by atoms with Crippen molar-refractivity contribution in [3.05, 3.63) is 123 Å². The van der Waals surface area contributed by atoms with Crippen molar-refractivity contribution in [2.45, 2.75) is 18.8 Å². The number of hydrogen-bond donors (Lipinski definition) is 1. The van der Waals surface area contributed by atoms with Crippen LogP contribution in [-0.2, 0) is 28.2 Å². The summed E-state index contributed by atoms with van der Waals surface area (Å²) >= 11 is 0. The first-order valence-electron chi connectivity index (χ1n) is 13.6. The summed E-state index contributed by atoms with van der Waals surface area (Å²) < 4.78 is 94.4. The van der Waals surface area contributed by atoms with Crippen molar-refractivity contribution in [3.8, 4) is 11.1 Å². The van der Waals surface area contributed by atoms with Gasteiger partial charge in [-0.2, -0.15) is 26.3 Å². The molecule has 4 aromatic carbocycles. The summed E-state index contributed by atoms with van der Waals surface area (Å²) in [6, 6.07) is 11.2. The first kappa shape index (κ1) is 31.8. The zero-order valence-electron chi connectivity index (χ0n) is 23.7. The summed E-state index contributed by atoms with van der Waals surface area (Å²) in [4.78, 5) is 72.6. The van der Waals surface area contributed by atoms with Crippen LogP contribution in [0.5, 0.6) is 0 Å². The number of carbonyl (C=O) groups is 6. The van der Waals surface area contributed by atoms with E-state index >= 15 is 0 Å². The molecule has 0 radical (unpaired) electrons. The van der Waals surface area contributed by atoms with Crippen molar-refractivity contribution in [1.29, 1.82) is 0 Å². The highest BCUT2D eigenvalue weighted by atomic mass is 19.4. The third kappa shape index (κ3) is 5.81. The third-order valence-corrected chi connectivity index (χ3v) is 7.50. The van der Waals surface area contributed by atoms with Gasteiger partial charge in [0.2, 0.25) is 0 Å². The monoisotopic (exact) mass is 667 g/mol. The number of halogens is 6. The van der Waals surface area contributed by atoms with E-state index in [0.717, 1.165) is 54.6 Å².